The normalized spacial score (nSPS) is 11.9. The zero-order valence-corrected chi connectivity index (χ0v) is 15.9. The van der Waals surface area contributed by atoms with Crippen LogP contribution in [-0.4, -0.2) is 22.6 Å². The van der Waals surface area contributed by atoms with E-state index < -0.39 is 0 Å². The van der Waals surface area contributed by atoms with E-state index in [9.17, 15) is 9.18 Å². The van der Waals surface area contributed by atoms with Crippen LogP contribution in [0.25, 0.3) is 0 Å². The zero-order chi connectivity index (χ0) is 19.8. The van der Waals surface area contributed by atoms with E-state index >= 15 is 0 Å². The Kier molecular flexibility index (Phi) is 6.89. The van der Waals surface area contributed by atoms with Gasteiger partial charge in [-0.25, -0.2) is 4.39 Å². The van der Waals surface area contributed by atoms with Gasteiger partial charge >= 0.3 is 0 Å². The van der Waals surface area contributed by atoms with Crippen molar-refractivity contribution in [1.82, 2.24) is 15.5 Å². The Labute approximate surface area is 164 Å². The van der Waals surface area contributed by atoms with E-state index in [0.717, 1.165) is 30.4 Å². The van der Waals surface area contributed by atoms with Crippen molar-refractivity contribution in [3.63, 3.8) is 0 Å². The average molecular weight is 381 g/mol. The van der Waals surface area contributed by atoms with Crippen molar-refractivity contribution in [2.45, 2.75) is 38.5 Å². The molecular formula is C22H24FN3O2. The molecule has 0 aliphatic carbocycles. The van der Waals surface area contributed by atoms with Gasteiger partial charge < -0.3 is 9.73 Å². The number of aryl methyl sites for hydroxylation is 2. The summed E-state index contributed by atoms with van der Waals surface area (Å²) in [6, 6.07) is 16.2. The molecule has 3 aromatic rings. The number of amides is 1. The van der Waals surface area contributed by atoms with E-state index in [0.29, 0.717) is 18.3 Å². The molecule has 1 N–H and O–H groups in total. The first-order valence-electron chi connectivity index (χ1n) is 9.48. The highest BCUT2D eigenvalue weighted by molar-refractivity contribution is 5.77. The maximum absolute atomic E-state index is 12.9. The van der Waals surface area contributed by atoms with Crippen molar-refractivity contribution in [3.05, 3.63) is 83.3 Å². The van der Waals surface area contributed by atoms with E-state index in [-0.39, 0.29) is 24.1 Å². The molecule has 1 atom stereocenters. The fraction of sp³-hybridized carbons (Fsp3) is 0.318. The molecule has 1 heterocycles. The van der Waals surface area contributed by atoms with Crippen LogP contribution in [-0.2, 0) is 11.2 Å². The van der Waals surface area contributed by atoms with Crippen molar-refractivity contribution in [2.24, 2.45) is 0 Å². The van der Waals surface area contributed by atoms with Gasteiger partial charge in [-0.3, -0.25) is 4.79 Å². The fourth-order valence-electron chi connectivity index (χ4n) is 3.08. The van der Waals surface area contributed by atoms with Crippen molar-refractivity contribution in [2.75, 3.05) is 6.54 Å². The number of hydrogen-bond acceptors (Lipinski definition) is 4. The van der Waals surface area contributed by atoms with E-state index in [2.05, 4.69) is 15.5 Å². The second kappa shape index (κ2) is 9.78. The highest BCUT2D eigenvalue weighted by atomic mass is 19.1. The lowest BCUT2D eigenvalue weighted by molar-refractivity contribution is -0.121. The second-order valence-corrected chi connectivity index (χ2v) is 6.76. The van der Waals surface area contributed by atoms with Crippen molar-refractivity contribution < 1.29 is 13.6 Å². The Morgan fingerprint density at radius 1 is 1.07 bits per heavy atom. The minimum atomic E-state index is -0.262. The summed E-state index contributed by atoms with van der Waals surface area (Å²) in [5.74, 6) is 0.404. The third-order valence-corrected chi connectivity index (χ3v) is 4.56. The van der Waals surface area contributed by atoms with E-state index in [4.69, 9.17) is 4.42 Å². The first-order chi connectivity index (χ1) is 13.6. The van der Waals surface area contributed by atoms with Gasteiger partial charge in [0.05, 0.1) is 5.92 Å². The molecule has 1 amide bonds. The van der Waals surface area contributed by atoms with Crippen LogP contribution < -0.4 is 5.32 Å². The minimum Gasteiger partial charge on any atom is -0.425 e. The molecule has 0 aliphatic heterocycles. The van der Waals surface area contributed by atoms with Crippen LogP contribution in [0.4, 0.5) is 4.39 Å². The standard InChI is InChI=1S/C22H24FN3O2/c1-16-25-26-22(28-16)20(18-8-3-2-4-9-18)15-21(27)24-14-6-5-7-17-10-12-19(23)13-11-17/h2-4,8-13,20H,5-7,14-15H2,1H3,(H,24,27). The quantitative estimate of drug-likeness (QED) is 0.565. The number of unbranched alkanes of at least 4 members (excludes halogenated alkanes) is 1. The summed E-state index contributed by atoms with van der Waals surface area (Å²) in [5, 5.41) is 11.0. The molecule has 0 radical (unpaired) electrons. The van der Waals surface area contributed by atoms with Gasteiger partial charge in [-0.05, 0) is 42.5 Å². The molecule has 1 unspecified atom stereocenters. The van der Waals surface area contributed by atoms with Crippen LogP contribution in [0.2, 0.25) is 0 Å². The number of carbonyl (C=O) groups is 1. The Morgan fingerprint density at radius 3 is 2.50 bits per heavy atom. The number of nitrogens with one attached hydrogen (secondary N) is 1. The van der Waals surface area contributed by atoms with Crippen LogP contribution in [0.5, 0.6) is 0 Å². The summed E-state index contributed by atoms with van der Waals surface area (Å²) in [5.41, 5.74) is 2.07. The first-order valence-corrected chi connectivity index (χ1v) is 9.48. The Bertz CT molecular complexity index is 878. The van der Waals surface area contributed by atoms with Gasteiger partial charge in [0.1, 0.15) is 5.82 Å². The number of aromatic nitrogens is 2. The predicted molar refractivity (Wildman–Crippen MR) is 104 cm³/mol. The van der Waals surface area contributed by atoms with Gasteiger partial charge in [0.15, 0.2) is 0 Å². The van der Waals surface area contributed by atoms with Gasteiger partial charge in [0.2, 0.25) is 17.7 Å². The van der Waals surface area contributed by atoms with E-state index in [1.165, 1.54) is 12.1 Å². The number of benzene rings is 2. The van der Waals surface area contributed by atoms with E-state index in [1.54, 1.807) is 19.1 Å². The molecule has 28 heavy (non-hydrogen) atoms. The lowest BCUT2D eigenvalue weighted by Crippen LogP contribution is -2.26. The number of halogens is 1. The molecule has 2 aromatic carbocycles. The summed E-state index contributed by atoms with van der Waals surface area (Å²) in [6.45, 7) is 2.34. The Balaban J connectivity index is 1.48. The molecule has 146 valence electrons. The summed E-state index contributed by atoms with van der Waals surface area (Å²) >= 11 is 0. The molecular weight excluding hydrogens is 357 g/mol. The second-order valence-electron chi connectivity index (χ2n) is 6.76. The van der Waals surface area contributed by atoms with Gasteiger partial charge in [-0.1, -0.05) is 42.5 Å². The van der Waals surface area contributed by atoms with Crippen molar-refractivity contribution >= 4 is 5.91 Å². The van der Waals surface area contributed by atoms with Crippen LogP contribution in [0, 0.1) is 12.7 Å². The third kappa shape index (κ3) is 5.74. The molecule has 1 aromatic heterocycles. The summed E-state index contributed by atoms with van der Waals surface area (Å²) in [6.07, 6.45) is 2.91. The van der Waals surface area contributed by atoms with Gasteiger partial charge in [0, 0.05) is 19.9 Å². The van der Waals surface area contributed by atoms with Crippen molar-refractivity contribution in [1.29, 1.82) is 0 Å². The lowest BCUT2D eigenvalue weighted by atomic mass is 9.95. The summed E-state index contributed by atoms with van der Waals surface area (Å²) in [4.78, 5) is 12.4. The average Bonchev–Trinajstić information content (AvgIpc) is 3.14. The number of hydrogen-bond donors (Lipinski definition) is 1. The smallest absolute Gasteiger partial charge is 0.224 e. The summed E-state index contributed by atoms with van der Waals surface area (Å²) in [7, 11) is 0. The molecule has 0 fully saturated rings. The van der Waals surface area contributed by atoms with Gasteiger partial charge in [-0.2, -0.15) is 0 Å². The topological polar surface area (TPSA) is 68.0 Å². The third-order valence-electron chi connectivity index (χ3n) is 4.56. The molecule has 0 bridgehead atoms. The van der Waals surface area contributed by atoms with Crippen LogP contribution >= 0.6 is 0 Å². The lowest BCUT2D eigenvalue weighted by Gasteiger charge is -2.13. The Morgan fingerprint density at radius 2 is 1.82 bits per heavy atom. The maximum atomic E-state index is 12.9. The van der Waals surface area contributed by atoms with Crippen LogP contribution in [0.3, 0.4) is 0 Å². The van der Waals surface area contributed by atoms with Gasteiger partial charge in [0.25, 0.3) is 0 Å². The van der Waals surface area contributed by atoms with E-state index in [1.807, 2.05) is 30.3 Å². The maximum Gasteiger partial charge on any atom is 0.224 e. The Hall–Kier alpha value is -3.02. The molecule has 3 rings (SSSR count). The molecule has 0 spiro atoms. The highest BCUT2D eigenvalue weighted by Crippen LogP contribution is 2.26. The van der Waals surface area contributed by atoms with Gasteiger partial charge in [-0.15, -0.1) is 10.2 Å². The molecule has 0 saturated carbocycles. The fourth-order valence-corrected chi connectivity index (χ4v) is 3.08. The zero-order valence-electron chi connectivity index (χ0n) is 15.9. The van der Waals surface area contributed by atoms with Crippen LogP contribution in [0.1, 0.15) is 48.1 Å². The SMILES string of the molecule is Cc1nnc(C(CC(=O)NCCCCc2ccc(F)cc2)c2ccccc2)o1. The molecule has 6 heteroatoms. The number of nitrogens with zero attached hydrogens (tertiary/aromatic N) is 2. The molecule has 0 aliphatic rings. The molecule has 5 nitrogen and oxygen atoms in total. The number of carbonyl (C=O) groups excluding carboxylic acids is 1. The summed E-state index contributed by atoms with van der Waals surface area (Å²) < 4.78 is 18.5. The largest absolute Gasteiger partial charge is 0.425 e. The minimum absolute atomic E-state index is 0.0495. The first kappa shape index (κ1) is 19.7. The monoisotopic (exact) mass is 381 g/mol. The number of rotatable bonds is 9. The predicted octanol–water partition coefficient (Wildman–Crippen LogP) is 4.18. The highest BCUT2D eigenvalue weighted by Gasteiger charge is 2.23. The van der Waals surface area contributed by atoms with Crippen molar-refractivity contribution in [3.8, 4) is 0 Å². The van der Waals surface area contributed by atoms with Crippen LogP contribution in [0.15, 0.2) is 59.0 Å². The molecule has 0 saturated heterocycles.